The number of rotatable bonds is 10. The molecular formula is C33H30FN3O5. The number of amides is 2. The number of fused-ring (bicyclic) bond motifs is 3. The van der Waals surface area contributed by atoms with Crippen LogP contribution in [0.3, 0.4) is 0 Å². The minimum atomic E-state index is -1.40. The Morgan fingerprint density at radius 3 is 2.14 bits per heavy atom. The number of halogens is 1. The van der Waals surface area contributed by atoms with Gasteiger partial charge < -0.3 is 20.5 Å². The molecule has 4 aromatic carbocycles. The van der Waals surface area contributed by atoms with E-state index in [0.717, 1.165) is 33.9 Å². The van der Waals surface area contributed by atoms with E-state index in [1.54, 1.807) is 7.05 Å². The van der Waals surface area contributed by atoms with Crippen molar-refractivity contribution in [2.75, 3.05) is 25.5 Å². The maximum atomic E-state index is 14.6. The summed E-state index contributed by atoms with van der Waals surface area (Å²) in [4.78, 5) is 39.9. The Bertz CT molecular complexity index is 1570. The van der Waals surface area contributed by atoms with Crippen molar-refractivity contribution in [1.29, 1.82) is 0 Å². The third-order valence-corrected chi connectivity index (χ3v) is 7.23. The summed E-state index contributed by atoms with van der Waals surface area (Å²) in [6.07, 6.45) is -0.822. The Kier molecular flexibility index (Phi) is 8.59. The molecule has 5 rings (SSSR count). The van der Waals surface area contributed by atoms with Gasteiger partial charge in [-0.25, -0.2) is 14.0 Å². The standard InChI is InChI=1S/C33H30FN3O5/c1-37(18-21-10-3-2-4-11-21)19-29(31(38)36-30-26(32(39)40)16-9-17-28(30)34)35-33(41)42-20-27-24-14-7-5-12-22(24)23-13-6-8-15-25(23)27/h2-17,27,29H,18-20H2,1H3,(H,35,41)(H,36,38)(H,39,40). The van der Waals surface area contributed by atoms with Gasteiger partial charge in [-0.2, -0.15) is 0 Å². The van der Waals surface area contributed by atoms with Crippen LogP contribution >= 0.6 is 0 Å². The SMILES string of the molecule is CN(Cc1ccccc1)CC(NC(=O)OCC1c2ccccc2-c2ccccc21)C(=O)Nc1c(F)cccc1C(=O)O. The van der Waals surface area contributed by atoms with E-state index in [9.17, 15) is 23.9 Å². The number of aromatic carboxylic acids is 1. The molecule has 42 heavy (non-hydrogen) atoms. The lowest BCUT2D eigenvalue weighted by Crippen LogP contribution is -2.50. The second-order valence-electron chi connectivity index (χ2n) is 10.2. The highest BCUT2D eigenvalue weighted by molar-refractivity contribution is 6.03. The summed E-state index contributed by atoms with van der Waals surface area (Å²) in [5, 5.41) is 14.5. The van der Waals surface area contributed by atoms with Crippen LogP contribution in [0.2, 0.25) is 0 Å². The van der Waals surface area contributed by atoms with Crippen LogP contribution in [0.15, 0.2) is 97.1 Å². The van der Waals surface area contributed by atoms with E-state index < -0.39 is 41.1 Å². The zero-order valence-electron chi connectivity index (χ0n) is 22.9. The van der Waals surface area contributed by atoms with E-state index in [1.165, 1.54) is 12.1 Å². The molecule has 1 atom stereocenters. The molecule has 1 aliphatic rings. The van der Waals surface area contributed by atoms with Crippen molar-refractivity contribution in [2.45, 2.75) is 18.5 Å². The van der Waals surface area contributed by atoms with Crippen molar-refractivity contribution < 1.29 is 28.6 Å². The molecular weight excluding hydrogens is 537 g/mol. The highest BCUT2D eigenvalue weighted by Crippen LogP contribution is 2.44. The molecule has 0 bridgehead atoms. The largest absolute Gasteiger partial charge is 0.478 e. The fourth-order valence-electron chi connectivity index (χ4n) is 5.29. The molecule has 3 N–H and O–H groups in total. The van der Waals surface area contributed by atoms with Gasteiger partial charge >= 0.3 is 12.1 Å². The summed E-state index contributed by atoms with van der Waals surface area (Å²) < 4.78 is 20.2. The molecule has 0 aromatic heterocycles. The summed E-state index contributed by atoms with van der Waals surface area (Å²) in [7, 11) is 1.78. The smallest absolute Gasteiger partial charge is 0.407 e. The van der Waals surface area contributed by atoms with Gasteiger partial charge in [0.15, 0.2) is 0 Å². The van der Waals surface area contributed by atoms with E-state index in [2.05, 4.69) is 10.6 Å². The molecule has 0 saturated carbocycles. The van der Waals surface area contributed by atoms with E-state index in [0.29, 0.717) is 6.54 Å². The summed E-state index contributed by atoms with van der Waals surface area (Å²) in [6.45, 7) is 0.559. The molecule has 0 spiro atoms. The van der Waals surface area contributed by atoms with Crippen molar-refractivity contribution in [3.63, 3.8) is 0 Å². The summed E-state index contributed by atoms with van der Waals surface area (Å²) >= 11 is 0. The third kappa shape index (κ3) is 6.31. The van der Waals surface area contributed by atoms with Crippen molar-refractivity contribution >= 4 is 23.7 Å². The quantitative estimate of drug-likeness (QED) is 0.234. The fourth-order valence-corrected chi connectivity index (χ4v) is 5.29. The fraction of sp³-hybridized carbons (Fsp3) is 0.182. The van der Waals surface area contributed by atoms with E-state index in [-0.39, 0.29) is 19.1 Å². The molecule has 0 heterocycles. The summed E-state index contributed by atoms with van der Waals surface area (Å²) in [6, 6.07) is 27.7. The highest BCUT2D eigenvalue weighted by Gasteiger charge is 2.30. The zero-order chi connectivity index (χ0) is 29.6. The number of ether oxygens (including phenoxy) is 1. The first-order valence-electron chi connectivity index (χ1n) is 13.5. The third-order valence-electron chi connectivity index (χ3n) is 7.23. The summed E-state index contributed by atoms with van der Waals surface area (Å²) in [5.74, 6) is -3.25. The van der Waals surface area contributed by atoms with Crippen molar-refractivity contribution in [2.24, 2.45) is 0 Å². The number of hydrogen-bond donors (Lipinski definition) is 3. The van der Waals surface area contributed by atoms with Crippen molar-refractivity contribution in [3.05, 3.63) is 125 Å². The number of likely N-dealkylation sites (N-methyl/N-ethyl adjacent to an activating group) is 1. The topological polar surface area (TPSA) is 108 Å². The molecule has 0 radical (unpaired) electrons. The highest BCUT2D eigenvalue weighted by atomic mass is 19.1. The van der Waals surface area contributed by atoms with Crippen LogP contribution in [0.5, 0.6) is 0 Å². The first-order chi connectivity index (χ1) is 20.3. The number of carboxylic acid groups (broad SMARTS) is 1. The number of carbonyl (C=O) groups is 3. The second kappa shape index (κ2) is 12.7. The molecule has 0 saturated heterocycles. The van der Waals surface area contributed by atoms with Crippen molar-refractivity contribution in [1.82, 2.24) is 10.2 Å². The molecule has 8 nitrogen and oxygen atoms in total. The van der Waals surface area contributed by atoms with Gasteiger partial charge in [0.05, 0.1) is 11.3 Å². The van der Waals surface area contributed by atoms with Crippen molar-refractivity contribution in [3.8, 4) is 11.1 Å². The van der Waals surface area contributed by atoms with Crippen LogP contribution in [-0.4, -0.2) is 54.2 Å². The lowest BCUT2D eigenvalue weighted by atomic mass is 9.98. The number of nitrogens with zero attached hydrogens (tertiary/aromatic N) is 1. The van der Waals surface area contributed by atoms with Crippen LogP contribution in [0.25, 0.3) is 11.1 Å². The minimum Gasteiger partial charge on any atom is -0.478 e. The van der Waals surface area contributed by atoms with Gasteiger partial charge in [-0.3, -0.25) is 9.69 Å². The Balaban J connectivity index is 1.32. The van der Waals surface area contributed by atoms with Gasteiger partial charge in [0, 0.05) is 19.0 Å². The Morgan fingerprint density at radius 1 is 0.881 bits per heavy atom. The van der Waals surface area contributed by atoms with Crippen LogP contribution in [0, 0.1) is 5.82 Å². The Labute approximate surface area is 242 Å². The first kappa shape index (κ1) is 28.5. The maximum absolute atomic E-state index is 14.6. The number of alkyl carbamates (subject to hydrolysis) is 1. The van der Waals surface area contributed by atoms with Gasteiger partial charge in [-0.05, 0) is 47.0 Å². The van der Waals surface area contributed by atoms with Crippen LogP contribution < -0.4 is 10.6 Å². The van der Waals surface area contributed by atoms with Gasteiger partial charge in [0.1, 0.15) is 18.5 Å². The van der Waals surface area contributed by atoms with Gasteiger partial charge in [-0.15, -0.1) is 0 Å². The average Bonchev–Trinajstić information content (AvgIpc) is 3.30. The second-order valence-corrected chi connectivity index (χ2v) is 10.2. The molecule has 214 valence electrons. The van der Waals surface area contributed by atoms with Crippen LogP contribution in [0.1, 0.15) is 33.0 Å². The number of benzene rings is 4. The Hall–Kier alpha value is -5.02. The number of carboxylic acids is 1. The molecule has 1 unspecified atom stereocenters. The normalized spacial score (nSPS) is 12.7. The lowest BCUT2D eigenvalue weighted by Gasteiger charge is -2.25. The number of anilines is 1. The summed E-state index contributed by atoms with van der Waals surface area (Å²) in [5.41, 5.74) is 4.37. The average molecular weight is 568 g/mol. The first-order valence-corrected chi connectivity index (χ1v) is 13.5. The zero-order valence-corrected chi connectivity index (χ0v) is 22.9. The molecule has 4 aromatic rings. The minimum absolute atomic E-state index is 0.0434. The molecule has 9 heteroatoms. The van der Waals surface area contributed by atoms with E-state index >= 15 is 0 Å². The van der Waals surface area contributed by atoms with Crippen LogP contribution in [-0.2, 0) is 16.1 Å². The predicted molar refractivity (Wildman–Crippen MR) is 157 cm³/mol. The monoisotopic (exact) mass is 567 g/mol. The Morgan fingerprint density at radius 2 is 1.50 bits per heavy atom. The van der Waals surface area contributed by atoms with Gasteiger partial charge in [-0.1, -0.05) is 84.9 Å². The van der Waals surface area contributed by atoms with E-state index in [1.807, 2.05) is 83.8 Å². The maximum Gasteiger partial charge on any atom is 0.407 e. The molecule has 2 amide bonds. The predicted octanol–water partition coefficient (Wildman–Crippen LogP) is 5.50. The van der Waals surface area contributed by atoms with E-state index in [4.69, 9.17) is 4.74 Å². The number of para-hydroxylation sites is 1. The molecule has 0 fully saturated rings. The van der Waals surface area contributed by atoms with Gasteiger partial charge in [0.2, 0.25) is 5.91 Å². The number of nitrogens with one attached hydrogen (secondary N) is 2. The number of hydrogen-bond acceptors (Lipinski definition) is 5. The molecule has 0 aliphatic heterocycles. The van der Waals surface area contributed by atoms with Gasteiger partial charge in [0.25, 0.3) is 0 Å². The van der Waals surface area contributed by atoms with Crippen LogP contribution in [0.4, 0.5) is 14.9 Å². The lowest BCUT2D eigenvalue weighted by molar-refractivity contribution is -0.118. The molecule has 1 aliphatic carbocycles. The number of carbonyl (C=O) groups excluding carboxylic acids is 2.